The Kier molecular flexibility index (Phi) is 3.53. The van der Waals surface area contributed by atoms with Crippen molar-refractivity contribution in [3.8, 4) is 0 Å². The maximum atomic E-state index is 13.0. The van der Waals surface area contributed by atoms with Crippen molar-refractivity contribution in [1.82, 2.24) is 4.98 Å². The van der Waals surface area contributed by atoms with Crippen LogP contribution < -0.4 is 5.73 Å². The number of aliphatic hydroxyl groups is 1. The molecule has 2 aromatic rings. The predicted octanol–water partition coefficient (Wildman–Crippen LogP) is 2.22. The fourth-order valence-corrected chi connectivity index (χ4v) is 1.73. The number of nitrogen functional groups attached to an aromatic ring is 1. The molecule has 0 aliphatic rings. The summed E-state index contributed by atoms with van der Waals surface area (Å²) in [6, 6.07) is 6.28. The number of nitrogens with two attached hydrogens (primary N) is 1. The fourth-order valence-electron chi connectivity index (χ4n) is 1.73. The molecule has 0 spiro atoms. The van der Waals surface area contributed by atoms with E-state index in [1.54, 1.807) is 12.1 Å². The molecule has 0 saturated carbocycles. The van der Waals surface area contributed by atoms with Gasteiger partial charge in [0.2, 0.25) is 0 Å². The highest BCUT2D eigenvalue weighted by molar-refractivity contribution is 5.33. The van der Waals surface area contributed by atoms with E-state index in [4.69, 9.17) is 5.73 Å². The summed E-state index contributed by atoms with van der Waals surface area (Å²) in [6.07, 6.45) is 0.746. The van der Waals surface area contributed by atoms with E-state index in [0.717, 1.165) is 23.8 Å². The molecule has 5 heteroatoms. The summed E-state index contributed by atoms with van der Waals surface area (Å²) in [4.78, 5) is 3.82. The first-order chi connectivity index (χ1) is 8.54. The number of hydrogen-bond acceptors (Lipinski definition) is 3. The van der Waals surface area contributed by atoms with Crippen molar-refractivity contribution < 1.29 is 13.9 Å². The van der Waals surface area contributed by atoms with Crippen LogP contribution in [0.3, 0.4) is 0 Å². The lowest BCUT2D eigenvalue weighted by atomic mass is 10.0. The Labute approximate surface area is 103 Å². The van der Waals surface area contributed by atoms with Crippen LogP contribution in [0.2, 0.25) is 0 Å². The van der Waals surface area contributed by atoms with Crippen molar-refractivity contribution in [2.45, 2.75) is 12.5 Å². The number of nitrogens with zero attached hydrogens (tertiary/aromatic N) is 1. The number of anilines is 1. The SMILES string of the molecule is Nc1cc(CC(O)c2cc(F)cc(F)c2)ccn1. The zero-order valence-electron chi connectivity index (χ0n) is 9.48. The van der Waals surface area contributed by atoms with Gasteiger partial charge in [-0.2, -0.15) is 0 Å². The van der Waals surface area contributed by atoms with Crippen LogP contribution in [-0.2, 0) is 6.42 Å². The van der Waals surface area contributed by atoms with Crippen LogP contribution in [-0.4, -0.2) is 10.1 Å². The lowest BCUT2D eigenvalue weighted by Gasteiger charge is -2.11. The minimum absolute atomic E-state index is 0.197. The van der Waals surface area contributed by atoms with Crippen molar-refractivity contribution in [2.24, 2.45) is 0 Å². The van der Waals surface area contributed by atoms with Gasteiger partial charge in [0.1, 0.15) is 17.5 Å². The summed E-state index contributed by atoms with van der Waals surface area (Å²) < 4.78 is 26.0. The zero-order chi connectivity index (χ0) is 13.1. The van der Waals surface area contributed by atoms with E-state index >= 15 is 0 Å². The number of rotatable bonds is 3. The summed E-state index contributed by atoms with van der Waals surface area (Å²) >= 11 is 0. The maximum absolute atomic E-state index is 13.0. The number of hydrogen-bond donors (Lipinski definition) is 2. The largest absolute Gasteiger partial charge is 0.388 e. The van der Waals surface area contributed by atoms with Gasteiger partial charge in [0.15, 0.2) is 0 Å². The summed E-state index contributed by atoms with van der Waals surface area (Å²) in [5, 5.41) is 9.92. The average molecular weight is 250 g/mol. The first-order valence-corrected chi connectivity index (χ1v) is 5.39. The molecule has 0 bridgehead atoms. The van der Waals surface area contributed by atoms with E-state index in [1.807, 2.05) is 0 Å². The lowest BCUT2D eigenvalue weighted by Crippen LogP contribution is -2.04. The van der Waals surface area contributed by atoms with Gasteiger partial charge in [0, 0.05) is 18.7 Å². The van der Waals surface area contributed by atoms with Crippen LogP contribution in [0.5, 0.6) is 0 Å². The van der Waals surface area contributed by atoms with E-state index in [2.05, 4.69) is 4.98 Å². The Hall–Kier alpha value is -2.01. The second-order valence-electron chi connectivity index (χ2n) is 4.01. The molecule has 3 N–H and O–H groups in total. The van der Waals surface area contributed by atoms with Gasteiger partial charge in [-0.05, 0) is 35.4 Å². The molecule has 0 radical (unpaired) electrons. The minimum Gasteiger partial charge on any atom is -0.388 e. The maximum Gasteiger partial charge on any atom is 0.126 e. The Morgan fingerprint density at radius 3 is 2.44 bits per heavy atom. The highest BCUT2D eigenvalue weighted by Gasteiger charge is 2.11. The van der Waals surface area contributed by atoms with Gasteiger partial charge >= 0.3 is 0 Å². The highest BCUT2D eigenvalue weighted by Crippen LogP contribution is 2.20. The molecule has 94 valence electrons. The highest BCUT2D eigenvalue weighted by atomic mass is 19.1. The van der Waals surface area contributed by atoms with Crippen LogP contribution in [0.4, 0.5) is 14.6 Å². The van der Waals surface area contributed by atoms with E-state index in [-0.39, 0.29) is 12.0 Å². The molecule has 3 nitrogen and oxygen atoms in total. The smallest absolute Gasteiger partial charge is 0.126 e. The third-order valence-corrected chi connectivity index (χ3v) is 2.54. The Morgan fingerprint density at radius 2 is 1.83 bits per heavy atom. The summed E-state index contributed by atoms with van der Waals surface area (Å²) in [5.41, 5.74) is 6.46. The molecule has 18 heavy (non-hydrogen) atoms. The van der Waals surface area contributed by atoms with Crippen LogP contribution in [0.1, 0.15) is 17.2 Å². The molecular weight excluding hydrogens is 238 g/mol. The molecule has 1 aromatic heterocycles. The average Bonchev–Trinajstić information content (AvgIpc) is 2.27. The number of pyridine rings is 1. The first-order valence-electron chi connectivity index (χ1n) is 5.39. The molecule has 0 fully saturated rings. The quantitative estimate of drug-likeness (QED) is 0.878. The normalized spacial score (nSPS) is 12.4. The number of aromatic nitrogens is 1. The van der Waals surface area contributed by atoms with Gasteiger partial charge in [-0.3, -0.25) is 0 Å². The second kappa shape index (κ2) is 5.10. The molecular formula is C13H12F2N2O. The predicted molar refractivity (Wildman–Crippen MR) is 63.7 cm³/mol. The minimum atomic E-state index is -0.989. The van der Waals surface area contributed by atoms with Gasteiger partial charge < -0.3 is 10.8 Å². The van der Waals surface area contributed by atoms with Crippen molar-refractivity contribution in [2.75, 3.05) is 5.73 Å². The fraction of sp³-hybridized carbons (Fsp3) is 0.154. The van der Waals surface area contributed by atoms with Crippen molar-refractivity contribution >= 4 is 5.82 Å². The van der Waals surface area contributed by atoms with Crippen molar-refractivity contribution in [3.63, 3.8) is 0 Å². The number of benzene rings is 1. The molecule has 0 aliphatic heterocycles. The molecule has 1 unspecified atom stereocenters. The molecule has 1 atom stereocenters. The summed E-state index contributed by atoms with van der Waals surface area (Å²) in [6.45, 7) is 0. The number of halogens is 2. The zero-order valence-corrected chi connectivity index (χ0v) is 9.48. The Balaban J connectivity index is 2.19. The monoisotopic (exact) mass is 250 g/mol. The van der Waals surface area contributed by atoms with Crippen LogP contribution in [0, 0.1) is 11.6 Å². The van der Waals surface area contributed by atoms with E-state index in [1.165, 1.54) is 6.20 Å². The molecule has 0 aliphatic carbocycles. The summed E-state index contributed by atoms with van der Waals surface area (Å²) in [5.74, 6) is -1.08. The standard InChI is InChI=1S/C13H12F2N2O/c14-10-5-9(6-11(15)7-10)12(18)3-8-1-2-17-13(16)4-8/h1-2,4-7,12,18H,3H2,(H2,16,17). The number of aliphatic hydroxyl groups excluding tert-OH is 1. The topological polar surface area (TPSA) is 59.1 Å². The van der Waals surface area contributed by atoms with E-state index < -0.39 is 17.7 Å². The molecule has 2 rings (SSSR count). The third kappa shape index (κ3) is 3.01. The van der Waals surface area contributed by atoms with E-state index in [0.29, 0.717) is 5.82 Å². The molecule has 0 amide bonds. The van der Waals surface area contributed by atoms with Crippen LogP contribution in [0.15, 0.2) is 36.5 Å². The Morgan fingerprint density at radius 1 is 1.17 bits per heavy atom. The third-order valence-electron chi connectivity index (χ3n) is 2.54. The van der Waals surface area contributed by atoms with Crippen molar-refractivity contribution in [3.05, 3.63) is 59.3 Å². The second-order valence-corrected chi connectivity index (χ2v) is 4.01. The van der Waals surface area contributed by atoms with Gasteiger partial charge in [-0.1, -0.05) is 0 Å². The summed E-state index contributed by atoms with van der Waals surface area (Å²) in [7, 11) is 0. The van der Waals surface area contributed by atoms with Gasteiger partial charge in [-0.25, -0.2) is 13.8 Å². The van der Waals surface area contributed by atoms with Gasteiger partial charge in [0.05, 0.1) is 6.10 Å². The van der Waals surface area contributed by atoms with Gasteiger partial charge in [-0.15, -0.1) is 0 Å². The van der Waals surface area contributed by atoms with Gasteiger partial charge in [0.25, 0.3) is 0 Å². The lowest BCUT2D eigenvalue weighted by molar-refractivity contribution is 0.177. The molecule has 0 saturated heterocycles. The van der Waals surface area contributed by atoms with E-state index in [9.17, 15) is 13.9 Å². The first kappa shape index (κ1) is 12.4. The Bertz CT molecular complexity index is 540. The van der Waals surface area contributed by atoms with Crippen molar-refractivity contribution in [1.29, 1.82) is 0 Å². The molecule has 1 heterocycles. The van der Waals surface area contributed by atoms with Crippen LogP contribution in [0.25, 0.3) is 0 Å². The van der Waals surface area contributed by atoms with Crippen LogP contribution >= 0.6 is 0 Å². The molecule has 1 aromatic carbocycles.